The number of amides is 1. The number of aromatic nitrogens is 2. The number of ether oxygens (including phenoxy) is 1. The first-order chi connectivity index (χ1) is 6.86. The van der Waals surface area contributed by atoms with Gasteiger partial charge in [-0.25, -0.2) is 9.78 Å². The first-order valence-corrected chi connectivity index (χ1v) is 4.74. The largest absolute Gasteiger partial charge is 0.376 e. The molecule has 1 aliphatic rings. The molecule has 1 unspecified atom stereocenters. The Morgan fingerprint density at radius 3 is 3.29 bits per heavy atom. The van der Waals surface area contributed by atoms with E-state index in [0.717, 1.165) is 19.4 Å². The molecule has 1 aromatic heterocycles. The average Bonchev–Trinajstić information content (AvgIpc) is 2.87. The molecule has 1 amide bonds. The zero-order chi connectivity index (χ0) is 9.80. The van der Waals surface area contributed by atoms with Gasteiger partial charge in [0.15, 0.2) is 0 Å². The van der Waals surface area contributed by atoms with Crippen molar-refractivity contribution < 1.29 is 9.53 Å². The molecule has 1 saturated heterocycles. The van der Waals surface area contributed by atoms with Gasteiger partial charge in [0.1, 0.15) is 6.33 Å². The van der Waals surface area contributed by atoms with Crippen LogP contribution in [0.2, 0.25) is 0 Å². The molecule has 1 N–H and O–H groups in total. The highest BCUT2D eigenvalue weighted by atomic mass is 16.5. The molecule has 14 heavy (non-hydrogen) atoms. The summed E-state index contributed by atoms with van der Waals surface area (Å²) < 4.78 is 6.79. The zero-order valence-corrected chi connectivity index (χ0v) is 7.85. The highest BCUT2D eigenvalue weighted by molar-refractivity contribution is 5.76. The fraction of sp³-hybridized carbons (Fsp3) is 0.556. The fourth-order valence-electron chi connectivity index (χ4n) is 1.48. The molecule has 5 nitrogen and oxygen atoms in total. The predicted molar refractivity (Wildman–Crippen MR) is 50.0 cm³/mol. The van der Waals surface area contributed by atoms with Crippen LogP contribution in [0.3, 0.4) is 0 Å². The Morgan fingerprint density at radius 2 is 2.64 bits per heavy atom. The Bertz CT molecular complexity index is 291. The Labute approximate surface area is 82.1 Å². The van der Waals surface area contributed by atoms with E-state index in [1.807, 2.05) is 0 Å². The molecule has 0 aromatic carbocycles. The lowest BCUT2D eigenvalue weighted by Crippen LogP contribution is -2.34. The van der Waals surface area contributed by atoms with Gasteiger partial charge in [0, 0.05) is 25.5 Å². The molecule has 0 aliphatic carbocycles. The quantitative estimate of drug-likeness (QED) is 0.752. The molecule has 76 valence electrons. The minimum Gasteiger partial charge on any atom is -0.376 e. The van der Waals surface area contributed by atoms with Crippen molar-refractivity contribution in [1.29, 1.82) is 0 Å². The third kappa shape index (κ3) is 2.11. The number of nitrogens with zero attached hydrogens (tertiary/aromatic N) is 2. The van der Waals surface area contributed by atoms with Gasteiger partial charge in [0.2, 0.25) is 0 Å². The van der Waals surface area contributed by atoms with E-state index in [2.05, 4.69) is 10.3 Å². The highest BCUT2D eigenvalue weighted by Crippen LogP contribution is 2.10. The second kappa shape index (κ2) is 4.23. The summed E-state index contributed by atoms with van der Waals surface area (Å²) in [6.07, 6.45) is 6.97. The molecule has 1 atom stereocenters. The van der Waals surface area contributed by atoms with E-state index in [0.29, 0.717) is 6.54 Å². The van der Waals surface area contributed by atoms with Crippen LogP contribution in [0.1, 0.15) is 12.8 Å². The van der Waals surface area contributed by atoms with Gasteiger partial charge in [0.25, 0.3) is 0 Å². The van der Waals surface area contributed by atoms with Crippen molar-refractivity contribution in [3.05, 3.63) is 18.7 Å². The van der Waals surface area contributed by atoms with E-state index in [1.54, 1.807) is 12.4 Å². The maximum atomic E-state index is 11.4. The van der Waals surface area contributed by atoms with Gasteiger partial charge in [-0.1, -0.05) is 0 Å². The summed E-state index contributed by atoms with van der Waals surface area (Å²) in [5.74, 6) is 0. The summed E-state index contributed by atoms with van der Waals surface area (Å²) in [6, 6.07) is -0.155. The van der Waals surface area contributed by atoms with Crippen LogP contribution in [0.4, 0.5) is 4.79 Å². The first-order valence-electron chi connectivity index (χ1n) is 4.74. The van der Waals surface area contributed by atoms with Crippen molar-refractivity contribution in [1.82, 2.24) is 14.9 Å². The molecule has 5 heteroatoms. The van der Waals surface area contributed by atoms with E-state index >= 15 is 0 Å². The van der Waals surface area contributed by atoms with Crippen LogP contribution in [0.15, 0.2) is 18.7 Å². The smallest absolute Gasteiger partial charge is 0.326 e. The maximum absolute atomic E-state index is 11.4. The summed E-state index contributed by atoms with van der Waals surface area (Å²) in [4.78, 5) is 15.2. The Balaban J connectivity index is 1.78. The predicted octanol–water partition coefficient (Wildman–Crippen LogP) is 0.620. The van der Waals surface area contributed by atoms with Gasteiger partial charge in [-0.05, 0) is 12.8 Å². The number of carbonyl (C=O) groups is 1. The molecule has 1 aromatic rings. The molecular weight excluding hydrogens is 182 g/mol. The Hall–Kier alpha value is -1.36. The molecule has 2 rings (SSSR count). The van der Waals surface area contributed by atoms with Crippen LogP contribution in [0.25, 0.3) is 0 Å². The van der Waals surface area contributed by atoms with Crippen LogP contribution in [0.5, 0.6) is 0 Å². The molecule has 1 aliphatic heterocycles. The first kappa shape index (κ1) is 9.21. The second-order valence-electron chi connectivity index (χ2n) is 3.29. The van der Waals surface area contributed by atoms with Crippen molar-refractivity contribution >= 4 is 6.03 Å². The summed E-state index contributed by atoms with van der Waals surface area (Å²) in [5.41, 5.74) is 0. The van der Waals surface area contributed by atoms with Crippen molar-refractivity contribution in [2.45, 2.75) is 18.9 Å². The van der Waals surface area contributed by atoms with Gasteiger partial charge < -0.3 is 10.1 Å². The normalized spacial score (nSPS) is 21.0. The highest BCUT2D eigenvalue weighted by Gasteiger charge is 2.16. The van der Waals surface area contributed by atoms with Crippen LogP contribution in [0, 0.1) is 0 Å². The van der Waals surface area contributed by atoms with Crippen molar-refractivity contribution in [3.8, 4) is 0 Å². The molecule has 0 radical (unpaired) electrons. The second-order valence-corrected chi connectivity index (χ2v) is 3.29. The average molecular weight is 195 g/mol. The van der Waals surface area contributed by atoms with Crippen molar-refractivity contribution in [3.63, 3.8) is 0 Å². The van der Waals surface area contributed by atoms with E-state index in [-0.39, 0.29) is 12.1 Å². The number of carbonyl (C=O) groups excluding carboxylic acids is 1. The lowest BCUT2D eigenvalue weighted by Gasteiger charge is -2.10. The van der Waals surface area contributed by atoms with Gasteiger partial charge >= 0.3 is 6.03 Å². The van der Waals surface area contributed by atoms with E-state index in [1.165, 1.54) is 10.9 Å². The number of hydrogen-bond donors (Lipinski definition) is 1. The Kier molecular flexibility index (Phi) is 2.78. The molecule has 1 fully saturated rings. The van der Waals surface area contributed by atoms with Gasteiger partial charge in [0.05, 0.1) is 6.10 Å². The van der Waals surface area contributed by atoms with Crippen molar-refractivity contribution in [2.75, 3.05) is 13.2 Å². The number of nitrogens with one attached hydrogen (secondary N) is 1. The van der Waals surface area contributed by atoms with E-state index in [9.17, 15) is 4.79 Å². The number of rotatable bonds is 2. The summed E-state index contributed by atoms with van der Waals surface area (Å²) >= 11 is 0. The summed E-state index contributed by atoms with van der Waals surface area (Å²) in [7, 11) is 0. The Morgan fingerprint density at radius 1 is 1.71 bits per heavy atom. The maximum Gasteiger partial charge on any atom is 0.326 e. The number of hydrogen-bond acceptors (Lipinski definition) is 3. The van der Waals surface area contributed by atoms with Gasteiger partial charge in [-0.2, -0.15) is 0 Å². The molecule has 0 spiro atoms. The van der Waals surface area contributed by atoms with Crippen LogP contribution in [-0.4, -0.2) is 34.8 Å². The zero-order valence-electron chi connectivity index (χ0n) is 7.85. The van der Waals surface area contributed by atoms with Crippen molar-refractivity contribution in [2.24, 2.45) is 0 Å². The number of imidazole rings is 1. The summed E-state index contributed by atoms with van der Waals surface area (Å²) in [6.45, 7) is 1.39. The minimum absolute atomic E-state index is 0.155. The molecule has 0 saturated carbocycles. The van der Waals surface area contributed by atoms with Gasteiger partial charge in [-0.15, -0.1) is 0 Å². The topological polar surface area (TPSA) is 56.1 Å². The van der Waals surface area contributed by atoms with Gasteiger partial charge in [-0.3, -0.25) is 4.57 Å². The van der Waals surface area contributed by atoms with Crippen LogP contribution in [-0.2, 0) is 4.74 Å². The minimum atomic E-state index is -0.155. The lowest BCUT2D eigenvalue weighted by atomic mass is 10.2. The van der Waals surface area contributed by atoms with Crippen LogP contribution < -0.4 is 5.32 Å². The molecular formula is C9H13N3O2. The summed E-state index contributed by atoms with van der Waals surface area (Å²) in [5, 5.41) is 2.79. The SMILES string of the molecule is O=C(NCC1CCCO1)n1ccnc1. The van der Waals surface area contributed by atoms with E-state index < -0.39 is 0 Å². The van der Waals surface area contributed by atoms with E-state index in [4.69, 9.17) is 4.74 Å². The lowest BCUT2D eigenvalue weighted by molar-refractivity contribution is 0.111. The molecule has 0 bridgehead atoms. The third-order valence-corrected chi connectivity index (χ3v) is 2.24. The fourth-order valence-corrected chi connectivity index (χ4v) is 1.48. The standard InChI is InChI=1S/C9H13N3O2/c13-9(12-4-3-10-7-12)11-6-8-2-1-5-14-8/h3-4,7-8H,1-2,5-6H2,(H,11,13). The third-order valence-electron chi connectivity index (χ3n) is 2.24. The van der Waals surface area contributed by atoms with Crippen LogP contribution >= 0.6 is 0 Å². The monoisotopic (exact) mass is 195 g/mol. The molecule has 2 heterocycles.